The zero-order valence-electron chi connectivity index (χ0n) is 19.6. The van der Waals surface area contributed by atoms with E-state index in [1.807, 2.05) is 20.8 Å². The Balaban J connectivity index is 1.77. The standard InChI is InChI=1S/C24H31Cl3N4O3/c1-24(2,3)34-23(33)30(14-15-10-17(25)13-18(26)11-15)19-7-4-6-16(12-19)22(32)29-31-20(27)8-5-9-21(31)28/h5,8-11,13,16,19,21H,4,6-7,12,14,28H2,1-3H3,(H,29,32). The molecule has 3 unspecified atom stereocenters. The number of hydrazine groups is 1. The summed E-state index contributed by atoms with van der Waals surface area (Å²) < 4.78 is 5.69. The summed E-state index contributed by atoms with van der Waals surface area (Å²) in [6.45, 7) is 5.74. The summed E-state index contributed by atoms with van der Waals surface area (Å²) in [5, 5.41) is 2.75. The number of nitrogens with two attached hydrogens (primary N) is 1. The van der Waals surface area contributed by atoms with Gasteiger partial charge in [-0.25, -0.2) is 4.79 Å². The van der Waals surface area contributed by atoms with Crippen LogP contribution >= 0.6 is 34.8 Å². The van der Waals surface area contributed by atoms with Crippen molar-refractivity contribution in [2.45, 2.75) is 70.8 Å². The first kappa shape index (κ1) is 26.7. The second kappa shape index (κ2) is 11.2. The summed E-state index contributed by atoms with van der Waals surface area (Å²) in [6.07, 6.45) is 6.87. The fourth-order valence-electron chi connectivity index (χ4n) is 4.14. The van der Waals surface area contributed by atoms with Crippen molar-refractivity contribution in [2.75, 3.05) is 0 Å². The molecular formula is C24H31Cl3N4O3. The van der Waals surface area contributed by atoms with Gasteiger partial charge >= 0.3 is 6.09 Å². The van der Waals surface area contributed by atoms with Gasteiger partial charge in [0.1, 0.15) is 16.9 Å². The van der Waals surface area contributed by atoms with Gasteiger partial charge in [0.15, 0.2) is 0 Å². The Morgan fingerprint density at radius 2 is 1.85 bits per heavy atom. The summed E-state index contributed by atoms with van der Waals surface area (Å²) in [6, 6.07) is 5.00. The first-order chi connectivity index (χ1) is 15.9. The number of ether oxygens (including phenoxy) is 1. The second-order valence-corrected chi connectivity index (χ2v) is 10.9. The maximum absolute atomic E-state index is 13.2. The Bertz CT molecular complexity index is 956. The van der Waals surface area contributed by atoms with Crippen molar-refractivity contribution in [3.63, 3.8) is 0 Å². The highest BCUT2D eigenvalue weighted by atomic mass is 35.5. The van der Waals surface area contributed by atoms with Gasteiger partial charge in [0, 0.05) is 28.5 Å². The zero-order valence-corrected chi connectivity index (χ0v) is 21.8. The predicted octanol–water partition coefficient (Wildman–Crippen LogP) is 5.56. The van der Waals surface area contributed by atoms with E-state index in [0.717, 1.165) is 18.4 Å². The molecule has 1 aromatic rings. The molecule has 0 bridgehead atoms. The Morgan fingerprint density at radius 1 is 1.18 bits per heavy atom. The normalized spacial score (nSPS) is 22.7. The molecule has 2 aliphatic rings. The molecule has 0 aromatic heterocycles. The van der Waals surface area contributed by atoms with Crippen molar-refractivity contribution in [1.29, 1.82) is 0 Å². The van der Waals surface area contributed by atoms with Crippen LogP contribution in [-0.2, 0) is 16.1 Å². The van der Waals surface area contributed by atoms with E-state index in [9.17, 15) is 9.59 Å². The molecule has 1 aliphatic heterocycles. The first-order valence-corrected chi connectivity index (χ1v) is 12.4. The number of hydrogen-bond donors (Lipinski definition) is 2. The van der Waals surface area contributed by atoms with Gasteiger partial charge in [0.25, 0.3) is 0 Å². The minimum Gasteiger partial charge on any atom is -0.444 e. The van der Waals surface area contributed by atoms with Gasteiger partial charge in [-0.05, 0) is 75.9 Å². The number of halogens is 3. The summed E-state index contributed by atoms with van der Waals surface area (Å²) >= 11 is 18.6. The Hall–Kier alpha value is -1.93. The summed E-state index contributed by atoms with van der Waals surface area (Å²) in [7, 11) is 0. The predicted molar refractivity (Wildman–Crippen MR) is 135 cm³/mol. The lowest BCUT2D eigenvalue weighted by Crippen LogP contribution is -2.53. The molecule has 3 atom stereocenters. The van der Waals surface area contributed by atoms with Gasteiger partial charge in [0.05, 0.1) is 0 Å². The summed E-state index contributed by atoms with van der Waals surface area (Å²) in [4.78, 5) is 28.0. The average Bonchev–Trinajstić information content (AvgIpc) is 2.72. The molecule has 1 saturated carbocycles. The molecular weight excluding hydrogens is 499 g/mol. The van der Waals surface area contributed by atoms with Crippen LogP contribution in [-0.4, -0.2) is 39.7 Å². The number of benzene rings is 1. The molecule has 7 nitrogen and oxygen atoms in total. The van der Waals surface area contributed by atoms with E-state index in [1.54, 1.807) is 41.3 Å². The maximum atomic E-state index is 13.2. The summed E-state index contributed by atoms with van der Waals surface area (Å²) in [5.74, 6) is -0.494. The number of hydrogen-bond acceptors (Lipinski definition) is 5. The molecule has 3 N–H and O–H groups in total. The van der Waals surface area contributed by atoms with Crippen molar-refractivity contribution < 1.29 is 14.3 Å². The van der Waals surface area contributed by atoms with Crippen LogP contribution in [0.1, 0.15) is 52.0 Å². The van der Waals surface area contributed by atoms with Crippen LogP contribution in [0.3, 0.4) is 0 Å². The maximum Gasteiger partial charge on any atom is 0.410 e. The lowest BCUT2D eigenvalue weighted by Gasteiger charge is -2.39. The highest BCUT2D eigenvalue weighted by Crippen LogP contribution is 2.31. The summed E-state index contributed by atoms with van der Waals surface area (Å²) in [5.41, 5.74) is 9.00. The molecule has 0 radical (unpaired) electrons. The number of carbonyl (C=O) groups is 2. The Morgan fingerprint density at radius 3 is 2.47 bits per heavy atom. The largest absolute Gasteiger partial charge is 0.444 e. The fourth-order valence-corrected chi connectivity index (χ4v) is 4.94. The quantitative estimate of drug-likeness (QED) is 0.488. The number of rotatable bonds is 5. The minimum absolute atomic E-state index is 0.183. The SMILES string of the molecule is CC(C)(C)OC(=O)N(Cc1cc(Cl)cc(Cl)c1)C1CCCC(C(=O)NN2C(Cl)=CC=CC2N)C1. The van der Waals surface area contributed by atoms with Crippen LogP contribution < -0.4 is 11.2 Å². The molecule has 1 aliphatic carbocycles. The minimum atomic E-state index is -0.659. The molecule has 3 rings (SSSR count). The molecule has 34 heavy (non-hydrogen) atoms. The smallest absolute Gasteiger partial charge is 0.410 e. The van der Waals surface area contributed by atoms with Crippen molar-refractivity contribution in [3.05, 3.63) is 57.2 Å². The van der Waals surface area contributed by atoms with Crippen LogP contribution in [0.4, 0.5) is 4.79 Å². The van der Waals surface area contributed by atoms with Gasteiger partial charge in [-0.1, -0.05) is 47.3 Å². The van der Waals surface area contributed by atoms with Crippen molar-refractivity contribution >= 4 is 46.8 Å². The van der Waals surface area contributed by atoms with Gasteiger partial charge in [-0.3, -0.25) is 15.2 Å². The third kappa shape index (κ3) is 7.28. The van der Waals surface area contributed by atoms with Gasteiger partial charge < -0.3 is 15.4 Å². The van der Waals surface area contributed by atoms with Crippen LogP contribution in [0.5, 0.6) is 0 Å². The van der Waals surface area contributed by atoms with Crippen LogP contribution in [0.15, 0.2) is 41.6 Å². The lowest BCUT2D eigenvalue weighted by atomic mass is 9.84. The van der Waals surface area contributed by atoms with E-state index in [0.29, 0.717) is 28.0 Å². The zero-order chi connectivity index (χ0) is 25.0. The van der Waals surface area contributed by atoms with Gasteiger partial charge in [0.2, 0.25) is 5.91 Å². The third-order valence-corrected chi connectivity index (χ3v) is 6.41. The monoisotopic (exact) mass is 528 g/mol. The highest BCUT2D eigenvalue weighted by Gasteiger charge is 2.36. The van der Waals surface area contributed by atoms with Gasteiger partial charge in [-0.15, -0.1) is 0 Å². The fraction of sp³-hybridized carbons (Fsp3) is 0.500. The lowest BCUT2D eigenvalue weighted by molar-refractivity contribution is -0.131. The molecule has 1 aromatic carbocycles. The first-order valence-electron chi connectivity index (χ1n) is 11.3. The molecule has 186 valence electrons. The number of nitrogens with zero attached hydrogens (tertiary/aromatic N) is 2. The number of nitrogens with one attached hydrogen (secondary N) is 1. The number of carbonyl (C=O) groups excluding carboxylic acids is 2. The second-order valence-electron chi connectivity index (χ2n) is 9.61. The topological polar surface area (TPSA) is 87.9 Å². The number of amides is 2. The Labute approximate surface area is 215 Å². The molecule has 0 spiro atoms. The van der Waals surface area contributed by atoms with E-state index in [-0.39, 0.29) is 24.4 Å². The van der Waals surface area contributed by atoms with Crippen molar-refractivity contribution in [1.82, 2.24) is 15.3 Å². The molecule has 1 fully saturated rings. The van der Waals surface area contributed by atoms with Crippen molar-refractivity contribution in [2.24, 2.45) is 11.7 Å². The Kier molecular flexibility index (Phi) is 8.79. The van der Waals surface area contributed by atoms with Gasteiger partial charge in [-0.2, -0.15) is 0 Å². The molecule has 10 heteroatoms. The van der Waals surface area contributed by atoms with Crippen LogP contribution in [0, 0.1) is 5.92 Å². The van der Waals surface area contributed by atoms with E-state index in [2.05, 4.69) is 5.43 Å². The van der Waals surface area contributed by atoms with Crippen LogP contribution in [0.25, 0.3) is 0 Å². The molecule has 2 amide bonds. The van der Waals surface area contributed by atoms with E-state index in [4.69, 9.17) is 45.3 Å². The van der Waals surface area contributed by atoms with Crippen molar-refractivity contribution in [3.8, 4) is 0 Å². The molecule has 1 heterocycles. The van der Waals surface area contributed by atoms with E-state index >= 15 is 0 Å². The van der Waals surface area contributed by atoms with E-state index in [1.165, 1.54) is 5.01 Å². The number of allylic oxidation sites excluding steroid dienone is 2. The third-order valence-electron chi connectivity index (χ3n) is 5.66. The van der Waals surface area contributed by atoms with E-state index < -0.39 is 17.9 Å². The highest BCUT2D eigenvalue weighted by molar-refractivity contribution is 6.34. The average molecular weight is 530 g/mol. The molecule has 0 saturated heterocycles. The van der Waals surface area contributed by atoms with Crippen LogP contribution in [0.2, 0.25) is 10.0 Å².